The number of benzene rings is 1. The van der Waals surface area contributed by atoms with E-state index in [9.17, 15) is 24.9 Å². The summed E-state index contributed by atoms with van der Waals surface area (Å²) in [5, 5.41) is 29.1. The second kappa shape index (κ2) is 7.28. The van der Waals surface area contributed by atoms with Crippen molar-refractivity contribution in [2.75, 3.05) is 12.3 Å². The maximum Gasteiger partial charge on any atom is 0.336 e. The Morgan fingerprint density at radius 2 is 2.10 bits per heavy atom. The molecule has 0 aliphatic carbocycles. The molecule has 2 aromatic heterocycles. The molecule has 0 radical (unpaired) electrons. The summed E-state index contributed by atoms with van der Waals surface area (Å²) < 4.78 is 8.09. The Morgan fingerprint density at radius 3 is 2.79 bits per heavy atom. The molecule has 0 amide bonds. The minimum Gasteiger partial charge on any atom is -0.478 e. The summed E-state index contributed by atoms with van der Waals surface area (Å²) in [6, 6.07) is 6.34. The van der Waals surface area contributed by atoms with Crippen LogP contribution in [0.5, 0.6) is 0 Å². The van der Waals surface area contributed by atoms with Gasteiger partial charge in [-0.25, -0.2) is 19.1 Å². The van der Waals surface area contributed by atoms with Gasteiger partial charge in [-0.15, -0.1) is 0 Å². The zero-order valence-corrected chi connectivity index (χ0v) is 15.2. The van der Waals surface area contributed by atoms with Gasteiger partial charge >= 0.3 is 11.7 Å². The number of fused-ring (bicyclic) bond motifs is 1. The van der Waals surface area contributed by atoms with Gasteiger partial charge in [0.25, 0.3) is 0 Å². The van der Waals surface area contributed by atoms with Crippen LogP contribution in [-0.2, 0) is 11.3 Å². The minimum absolute atomic E-state index is 0.0513. The molecule has 1 fully saturated rings. The molecule has 11 nitrogen and oxygen atoms in total. The molecule has 1 aromatic carbocycles. The third-order valence-electron chi connectivity index (χ3n) is 4.92. The molecule has 0 bridgehead atoms. The molecule has 3 atom stereocenters. The first-order chi connectivity index (χ1) is 13.9. The number of nitrogens with two attached hydrogens (primary N) is 1. The van der Waals surface area contributed by atoms with E-state index in [1.807, 2.05) is 0 Å². The molecule has 1 aliphatic heterocycles. The lowest BCUT2D eigenvalue weighted by Gasteiger charge is -2.15. The number of anilines is 1. The summed E-state index contributed by atoms with van der Waals surface area (Å²) >= 11 is 0. The number of carboxylic acid groups (broad SMARTS) is 1. The Morgan fingerprint density at radius 1 is 1.34 bits per heavy atom. The first-order valence-electron chi connectivity index (χ1n) is 8.89. The quantitative estimate of drug-likeness (QED) is 0.443. The topological polar surface area (TPSA) is 166 Å². The number of ether oxygens (including phenoxy) is 1. The van der Waals surface area contributed by atoms with Gasteiger partial charge in [-0.1, -0.05) is 18.2 Å². The number of nitrogen functional groups attached to an aromatic ring is 1. The van der Waals surface area contributed by atoms with E-state index in [4.69, 9.17) is 10.5 Å². The van der Waals surface area contributed by atoms with Crippen LogP contribution in [0.2, 0.25) is 0 Å². The fourth-order valence-electron chi connectivity index (χ4n) is 3.57. The fourth-order valence-corrected chi connectivity index (χ4v) is 3.57. The Hall–Kier alpha value is -3.28. The molecule has 0 saturated carbocycles. The molecule has 3 aromatic rings. The van der Waals surface area contributed by atoms with Gasteiger partial charge in [0.2, 0.25) is 5.95 Å². The van der Waals surface area contributed by atoms with Crippen LogP contribution in [0.1, 0.15) is 28.6 Å². The average molecular weight is 401 g/mol. The van der Waals surface area contributed by atoms with Crippen LogP contribution in [0, 0.1) is 0 Å². The van der Waals surface area contributed by atoms with Gasteiger partial charge in [0.15, 0.2) is 11.9 Å². The number of nitrogens with zero attached hydrogens (tertiary/aromatic N) is 4. The summed E-state index contributed by atoms with van der Waals surface area (Å²) in [6.07, 6.45) is -1.20. The minimum atomic E-state index is -1.11. The molecule has 0 unspecified atom stereocenters. The largest absolute Gasteiger partial charge is 0.478 e. The fraction of sp³-hybridized carbons (Fsp3) is 0.333. The van der Waals surface area contributed by atoms with Gasteiger partial charge in [-0.05, 0) is 11.6 Å². The van der Waals surface area contributed by atoms with Crippen molar-refractivity contribution in [3.05, 3.63) is 52.1 Å². The number of imidazole rings is 1. The van der Waals surface area contributed by atoms with Gasteiger partial charge in [0.05, 0.1) is 31.0 Å². The molecule has 0 spiro atoms. The Kier molecular flexibility index (Phi) is 4.78. The van der Waals surface area contributed by atoms with Crippen molar-refractivity contribution in [2.45, 2.75) is 31.4 Å². The Labute approximate surface area is 163 Å². The van der Waals surface area contributed by atoms with E-state index in [2.05, 4.69) is 9.97 Å². The lowest BCUT2D eigenvalue weighted by atomic mass is 10.1. The number of aromatic nitrogens is 4. The van der Waals surface area contributed by atoms with Crippen molar-refractivity contribution in [1.82, 2.24) is 19.1 Å². The van der Waals surface area contributed by atoms with Crippen molar-refractivity contribution < 1.29 is 24.9 Å². The molecular formula is C18H19N5O6. The molecule has 1 saturated heterocycles. The van der Waals surface area contributed by atoms with E-state index in [-0.39, 0.29) is 36.7 Å². The third-order valence-corrected chi connectivity index (χ3v) is 4.92. The number of rotatable bonds is 5. The van der Waals surface area contributed by atoms with Crippen molar-refractivity contribution in [1.29, 1.82) is 0 Å². The van der Waals surface area contributed by atoms with Crippen LogP contribution in [0.15, 0.2) is 35.3 Å². The van der Waals surface area contributed by atoms with Crippen LogP contribution in [0.4, 0.5) is 5.95 Å². The highest BCUT2D eigenvalue weighted by Gasteiger charge is 2.37. The predicted octanol–water partition coefficient (Wildman–Crippen LogP) is -0.438. The van der Waals surface area contributed by atoms with Gasteiger partial charge in [0, 0.05) is 6.42 Å². The maximum atomic E-state index is 13.2. The Bertz CT molecular complexity index is 1140. The highest BCUT2D eigenvalue weighted by molar-refractivity contribution is 5.89. The Balaban J connectivity index is 1.88. The molecular weight excluding hydrogens is 382 g/mol. The van der Waals surface area contributed by atoms with Gasteiger partial charge in [-0.3, -0.25) is 4.57 Å². The van der Waals surface area contributed by atoms with Crippen molar-refractivity contribution in [3.8, 4) is 0 Å². The second-order valence-corrected chi connectivity index (χ2v) is 6.77. The first-order valence-corrected chi connectivity index (χ1v) is 8.89. The average Bonchev–Trinajstić information content (AvgIpc) is 3.19. The molecule has 152 valence electrons. The van der Waals surface area contributed by atoms with E-state index >= 15 is 0 Å². The van der Waals surface area contributed by atoms with Crippen LogP contribution >= 0.6 is 0 Å². The highest BCUT2D eigenvalue weighted by Crippen LogP contribution is 2.30. The summed E-state index contributed by atoms with van der Waals surface area (Å²) in [5.74, 6) is -1.18. The SMILES string of the molecule is Nc1ncc2c(n1)n([C@@H]1O[C@H](CO)C[C@H]1O)c(=O)n2Cc1ccccc1C(=O)O. The number of carbonyl (C=O) groups is 1. The second-order valence-electron chi connectivity index (χ2n) is 6.77. The van der Waals surface area contributed by atoms with E-state index in [0.717, 1.165) is 4.57 Å². The molecule has 29 heavy (non-hydrogen) atoms. The zero-order valence-electron chi connectivity index (χ0n) is 15.2. The van der Waals surface area contributed by atoms with Crippen molar-refractivity contribution >= 4 is 23.1 Å². The van der Waals surface area contributed by atoms with Crippen molar-refractivity contribution in [3.63, 3.8) is 0 Å². The molecule has 11 heteroatoms. The van der Waals surface area contributed by atoms with Gasteiger partial charge in [0.1, 0.15) is 11.6 Å². The van der Waals surface area contributed by atoms with Crippen LogP contribution in [0.25, 0.3) is 11.2 Å². The number of aliphatic hydroxyl groups is 2. The zero-order chi connectivity index (χ0) is 20.7. The van der Waals surface area contributed by atoms with Crippen LogP contribution in [0.3, 0.4) is 0 Å². The summed E-state index contributed by atoms with van der Waals surface area (Å²) in [6.45, 7) is -0.353. The normalized spacial score (nSPS) is 21.7. The number of hydrogen-bond acceptors (Lipinski definition) is 8. The van der Waals surface area contributed by atoms with Gasteiger partial charge < -0.3 is 25.8 Å². The van der Waals surface area contributed by atoms with Crippen LogP contribution in [-0.4, -0.2) is 59.2 Å². The smallest absolute Gasteiger partial charge is 0.336 e. The highest BCUT2D eigenvalue weighted by atomic mass is 16.5. The van der Waals surface area contributed by atoms with E-state index in [0.29, 0.717) is 11.1 Å². The summed E-state index contributed by atoms with van der Waals surface area (Å²) in [4.78, 5) is 32.8. The number of carboxylic acids is 1. The summed E-state index contributed by atoms with van der Waals surface area (Å²) in [5.41, 5.74) is 6.06. The third kappa shape index (κ3) is 3.24. The molecule has 4 rings (SSSR count). The van der Waals surface area contributed by atoms with Crippen molar-refractivity contribution in [2.24, 2.45) is 0 Å². The standard InChI is InChI=1S/C18H19N5O6/c19-17-20-6-12-14(21-17)23(15-13(25)5-10(8-24)29-15)18(28)22(12)7-9-3-1-2-4-11(9)16(26)27/h1-4,6,10,13,15,24-25H,5,7-8H2,(H,26,27)(H2,19,20,21)/t10-,13+,15+/m0/s1. The lowest BCUT2D eigenvalue weighted by molar-refractivity contribution is -0.0505. The maximum absolute atomic E-state index is 13.2. The van der Waals surface area contributed by atoms with Crippen LogP contribution < -0.4 is 11.4 Å². The van der Waals surface area contributed by atoms with E-state index < -0.39 is 30.1 Å². The van der Waals surface area contributed by atoms with E-state index in [1.54, 1.807) is 18.2 Å². The number of aliphatic hydroxyl groups excluding tert-OH is 2. The molecule has 3 heterocycles. The first kappa shape index (κ1) is 19.1. The lowest BCUT2D eigenvalue weighted by Crippen LogP contribution is -2.32. The monoisotopic (exact) mass is 401 g/mol. The van der Waals surface area contributed by atoms with Gasteiger partial charge in [-0.2, -0.15) is 4.98 Å². The molecule has 5 N–H and O–H groups in total. The number of aromatic carboxylic acids is 1. The van der Waals surface area contributed by atoms with E-state index in [1.165, 1.54) is 16.8 Å². The molecule has 1 aliphatic rings. The number of hydrogen-bond donors (Lipinski definition) is 4. The summed E-state index contributed by atoms with van der Waals surface area (Å²) in [7, 11) is 0. The predicted molar refractivity (Wildman–Crippen MR) is 100 cm³/mol.